The molecular weight excluding hydrogens is 463 g/mol. The Kier molecular flexibility index (Phi) is 5.58. The lowest BCUT2D eigenvalue weighted by atomic mass is 9.64. The number of nitro benzene ring substituents is 1. The summed E-state index contributed by atoms with van der Waals surface area (Å²) in [6.07, 6.45) is -0.546. The molecule has 6 atom stereocenters. The second kappa shape index (κ2) is 8.36. The van der Waals surface area contributed by atoms with Gasteiger partial charge in [0.25, 0.3) is 5.69 Å². The van der Waals surface area contributed by atoms with E-state index in [4.69, 9.17) is 9.47 Å². The maximum atomic E-state index is 14.0. The number of anilines is 1. The fourth-order valence-electron chi connectivity index (χ4n) is 5.81. The van der Waals surface area contributed by atoms with E-state index >= 15 is 0 Å². The molecule has 2 amide bonds. The van der Waals surface area contributed by atoms with Crippen molar-refractivity contribution in [3.63, 3.8) is 0 Å². The smallest absolute Gasteiger partial charge is 0.271 e. The highest BCUT2D eigenvalue weighted by Gasteiger charge is 2.67. The van der Waals surface area contributed by atoms with E-state index in [9.17, 15) is 34.3 Å². The van der Waals surface area contributed by atoms with E-state index in [1.165, 1.54) is 43.5 Å². The molecular formula is C24H23FN2O8. The topological polar surface area (TPSA) is 139 Å². The zero-order valence-electron chi connectivity index (χ0n) is 18.7. The van der Waals surface area contributed by atoms with Crippen molar-refractivity contribution in [1.82, 2.24) is 0 Å². The molecule has 3 fully saturated rings. The number of fused-ring (bicyclic) bond motifs is 3. The van der Waals surface area contributed by atoms with Gasteiger partial charge in [0, 0.05) is 31.1 Å². The molecule has 5 rings (SSSR count). The number of imide groups is 1. The molecule has 0 spiro atoms. The first-order chi connectivity index (χ1) is 16.7. The fourth-order valence-corrected chi connectivity index (χ4v) is 5.81. The number of hydrogen-bond acceptors (Lipinski definition) is 8. The summed E-state index contributed by atoms with van der Waals surface area (Å²) >= 11 is 0. The van der Waals surface area contributed by atoms with E-state index in [0.29, 0.717) is 5.56 Å². The summed E-state index contributed by atoms with van der Waals surface area (Å²) in [5, 5.41) is 32.4. The number of methoxy groups -OCH3 is 1. The lowest BCUT2D eigenvalue weighted by molar-refractivity contribution is -0.384. The molecule has 0 aromatic heterocycles. The molecule has 0 radical (unpaired) electrons. The minimum atomic E-state index is -1.81. The lowest BCUT2D eigenvalue weighted by Gasteiger charge is -2.44. The van der Waals surface area contributed by atoms with Crippen molar-refractivity contribution in [2.45, 2.75) is 24.7 Å². The Morgan fingerprint density at radius 1 is 1.23 bits per heavy atom. The van der Waals surface area contributed by atoms with E-state index in [0.717, 1.165) is 11.0 Å². The minimum absolute atomic E-state index is 0.0607. The van der Waals surface area contributed by atoms with Crippen LogP contribution >= 0.6 is 0 Å². The summed E-state index contributed by atoms with van der Waals surface area (Å²) in [6.45, 7) is 0.0607. The Balaban J connectivity index is 1.53. The Hall–Kier alpha value is -3.41. The van der Waals surface area contributed by atoms with Crippen LogP contribution in [0.2, 0.25) is 0 Å². The summed E-state index contributed by atoms with van der Waals surface area (Å²) in [7, 11) is 1.45. The van der Waals surface area contributed by atoms with Crippen molar-refractivity contribution in [3.8, 4) is 5.75 Å². The number of carbonyl (C=O) groups is 2. The van der Waals surface area contributed by atoms with E-state index < -0.39 is 63.9 Å². The second-order valence-electron chi connectivity index (χ2n) is 9.22. The molecule has 2 saturated heterocycles. The van der Waals surface area contributed by atoms with Crippen LogP contribution in [0.4, 0.5) is 15.8 Å². The summed E-state index contributed by atoms with van der Waals surface area (Å²) in [4.78, 5) is 38.5. The van der Waals surface area contributed by atoms with Gasteiger partial charge in [-0.2, -0.15) is 0 Å². The van der Waals surface area contributed by atoms with Gasteiger partial charge in [-0.3, -0.25) is 19.7 Å². The molecule has 2 aliphatic heterocycles. The number of phenols is 1. The third-order valence-corrected chi connectivity index (χ3v) is 7.37. The zero-order valence-corrected chi connectivity index (χ0v) is 18.7. The largest absolute Gasteiger partial charge is 0.505 e. The molecule has 0 unspecified atom stereocenters. The summed E-state index contributed by atoms with van der Waals surface area (Å²) < 4.78 is 25.3. The minimum Gasteiger partial charge on any atom is -0.505 e. The van der Waals surface area contributed by atoms with Crippen LogP contribution in [0.25, 0.3) is 0 Å². The van der Waals surface area contributed by atoms with Gasteiger partial charge in [-0.25, -0.2) is 9.29 Å². The number of phenolic OH excluding ortho intramolecular Hbond substituents is 1. The maximum Gasteiger partial charge on any atom is 0.271 e. The Bertz CT molecular complexity index is 1220. The van der Waals surface area contributed by atoms with Crippen molar-refractivity contribution < 1.29 is 38.6 Å². The Morgan fingerprint density at radius 3 is 2.69 bits per heavy atom. The van der Waals surface area contributed by atoms with E-state index in [1.807, 2.05) is 0 Å². The van der Waals surface area contributed by atoms with Crippen molar-refractivity contribution >= 4 is 23.2 Å². The lowest BCUT2D eigenvalue weighted by Crippen LogP contribution is -2.54. The number of rotatable bonds is 5. The predicted octanol–water partition coefficient (Wildman–Crippen LogP) is 2.68. The van der Waals surface area contributed by atoms with Crippen LogP contribution in [-0.2, 0) is 19.1 Å². The van der Waals surface area contributed by atoms with Crippen molar-refractivity contribution in [2.24, 2.45) is 23.7 Å². The van der Waals surface area contributed by atoms with Crippen LogP contribution in [0.1, 0.15) is 24.5 Å². The number of nitro groups is 1. The molecule has 2 aromatic rings. The van der Waals surface area contributed by atoms with Gasteiger partial charge in [0.1, 0.15) is 0 Å². The van der Waals surface area contributed by atoms with Crippen molar-refractivity contribution in [1.29, 1.82) is 0 Å². The molecule has 2 N–H and O–H groups in total. The van der Waals surface area contributed by atoms with Crippen LogP contribution in [0.5, 0.6) is 5.75 Å². The quantitative estimate of drug-likeness (QED) is 0.374. The first-order valence-electron chi connectivity index (χ1n) is 11.2. The van der Waals surface area contributed by atoms with Crippen LogP contribution < -0.4 is 4.90 Å². The normalized spacial score (nSPS) is 32.0. The highest BCUT2D eigenvalue weighted by molar-refractivity contribution is 6.22. The van der Waals surface area contributed by atoms with Gasteiger partial charge < -0.3 is 19.7 Å². The third kappa shape index (κ3) is 3.58. The number of nitrogens with zero attached hydrogens (tertiary/aromatic N) is 2. The van der Waals surface area contributed by atoms with Crippen molar-refractivity contribution in [3.05, 3.63) is 64.0 Å². The molecule has 3 aliphatic rings. The van der Waals surface area contributed by atoms with E-state index in [2.05, 4.69) is 0 Å². The monoisotopic (exact) mass is 486 g/mol. The molecule has 11 heteroatoms. The number of non-ortho nitro benzene ring substituents is 1. The molecule has 35 heavy (non-hydrogen) atoms. The molecule has 1 aliphatic carbocycles. The van der Waals surface area contributed by atoms with Gasteiger partial charge in [0.2, 0.25) is 11.8 Å². The highest BCUT2D eigenvalue weighted by Crippen LogP contribution is 2.58. The van der Waals surface area contributed by atoms with Gasteiger partial charge in [0.05, 0.1) is 35.2 Å². The number of carbonyl (C=O) groups excluding carboxylic acids is 2. The Morgan fingerprint density at radius 2 is 2.00 bits per heavy atom. The van der Waals surface area contributed by atoms with Crippen LogP contribution in [-0.4, -0.2) is 46.5 Å². The number of aromatic hydroxyl groups is 1. The number of halogens is 1. The second-order valence-corrected chi connectivity index (χ2v) is 9.22. The molecule has 2 aromatic carbocycles. The maximum absolute atomic E-state index is 14.0. The summed E-state index contributed by atoms with van der Waals surface area (Å²) in [5.41, 5.74) is 0.208. The summed E-state index contributed by atoms with van der Waals surface area (Å²) in [6, 6.07) is 9.05. The van der Waals surface area contributed by atoms with E-state index in [-0.39, 0.29) is 30.8 Å². The van der Waals surface area contributed by atoms with Gasteiger partial charge in [-0.05, 0) is 36.6 Å². The molecule has 184 valence electrons. The highest BCUT2D eigenvalue weighted by atomic mass is 19.1. The number of aliphatic hydroxyl groups is 1. The predicted molar refractivity (Wildman–Crippen MR) is 118 cm³/mol. The average Bonchev–Trinajstić information content (AvgIpc) is 3.30. The first kappa shape index (κ1) is 23.3. The molecule has 2 heterocycles. The number of hydrogen-bond donors (Lipinski definition) is 2. The number of benzene rings is 2. The van der Waals surface area contributed by atoms with E-state index in [1.54, 1.807) is 0 Å². The van der Waals surface area contributed by atoms with Crippen LogP contribution in [0, 0.1) is 39.6 Å². The van der Waals surface area contributed by atoms with Gasteiger partial charge in [0.15, 0.2) is 17.4 Å². The summed E-state index contributed by atoms with van der Waals surface area (Å²) in [5.74, 6) is -7.39. The van der Waals surface area contributed by atoms with Gasteiger partial charge >= 0.3 is 0 Å². The molecule has 0 bridgehead atoms. The van der Waals surface area contributed by atoms with Crippen molar-refractivity contribution in [2.75, 3.05) is 18.6 Å². The fraction of sp³-hybridized carbons (Fsp3) is 0.417. The molecule has 1 saturated carbocycles. The molecule has 10 nitrogen and oxygen atoms in total. The van der Waals surface area contributed by atoms with Gasteiger partial charge in [-0.1, -0.05) is 12.1 Å². The SMILES string of the molecule is COC[C@H]1C[C@@H]2C(=O)N(c3cccc([N+](=O)[O-])c3)C(=O)[C@@H]2[C@@H]2C[C@@H](c3ccc(O)c(F)c3)O[C@]12O. The average molecular weight is 486 g/mol. The standard InChI is InChI=1S/C24H23FN2O8/c1-34-11-13-8-16-21(23(30)26(22(16)29)14-3-2-4-15(9-14)27(32)33)17-10-20(35-24(13,17)31)12-5-6-19(28)18(25)7-12/h2-7,9,13,16-17,20-21,28,31H,8,10-11H2,1H3/t13-,16+,17+,20+,21+,24-/m1/s1. The zero-order chi connectivity index (χ0) is 25.1. The van der Waals surface area contributed by atoms with Crippen LogP contribution in [0.3, 0.4) is 0 Å². The number of ether oxygens (including phenoxy) is 2. The first-order valence-corrected chi connectivity index (χ1v) is 11.2. The third-order valence-electron chi connectivity index (χ3n) is 7.37. The van der Waals surface area contributed by atoms with Gasteiger partial charge in [-0.15, -0.1) is 0 Å². The number of amides is 2. The Labute approximate surface area is 199 Å². The van der Waals surface area contributed by atoms with Crippen LogP contribution in [0.15, 0.2) is 42.5 Å².